The first-order chi connectivity index (χ1) is 14.0. The fourth-order valence-corrected chi connectivity index (χ4v) is 5.54. The highest BCUT2D eigenvalue weighted by Crippen LogP contribution is 2.41. The van der Waals surface area contributed by atoms with E-state index in [9.17, 15) is 22.5 Å². The van der Waals surface area contributed by atoms with Gasteiger partial charge >= 0.3 is 0 Å². The van der Waals surface area contributed by atoms with Crippen LogP contribution in [0.3, 0.4) is 0 Å². The maximum absolute atomic E-state index is 14.3. The topological polar surface area (TPSA) is 81.4 Å². The Morgan fingerprint density at radius 2 is 1.77 bits per heavy atom. The number of benzene rings is 1. The van der Waals surface area contributed by atoms with Crippen LogP contribution in [0.5, 0.6) is 0 Å². The van der Waals surface area contributed by atoms with Crippen LogP contribution in [-0.2, 0) is 22.6 Å². The monoisotopic (exact) mass is 445 g/mol. The lowest BCUT2D eigenvalue weighted by Crippen LogP contribution is -2.54. The lowest BCUT2D eigenvalue weighted by atomic mass is 9.82. The zero-order valence-corrected chi connectivity index (χ0v) is 18.4. The van der Waals surface area contributed by atoms with Gasteiger partial charge in [0.05, 0.1) is 12.6 Å². The largest absolute Gasteiger partial charge is 0.598 e. The average Bonchev–Trinajstić information content (AvgIpc) is 2.93. The van der Waals surface area contributed by atoms with Gasteiger partial charge in [0.25, 0.3) is 0 Å². The van der Waals surface area contributed by atoms with Crippen LogP contribution in [0.4, 0.5) is 13.2 Å². The van der Waals surface area contributed by atoms with Gasteiger partial charge < -0.3 is 15.2 Å². The molecular weight excluding hydrogens is 415 g/mol. The predicted octanol–water partition coefficient (Wildman–Crippen LogP) is 2.80. The van der Waals surface area contributed by atoms with Crippen LogP contribution in [0.25, 0.3) is 0 Å². The summed E-state index contributed by atoms with van der Waals surface area (Å²) in [5, 5.41) is 0. The number of fused-ring (bicyclic) bond motifs is 2. The molecule has 0 aromatic heterocycles. The molecule has 5 nitrogen and oxygen atoms in total. The van der Waals surface area contributed by atoms with Gasteiger partial charge in [0.15, 0.2) is 11.6 Å². The molecule has 1 amide bonds. The van der Waals surface area contributed by atoms with Crippen molar-refractivity contribution in [3.8, 4) is 0 Å². The maximum atomic E-state index is 14.3. The van der Waals surface area contributed by atoms with Crippen LogP contribution in [0, 0.1) is 23.4 Å². The molecule has 0 aliphatic carbocycles. The quantitative estimate of drug-likeness (QED) is 0.521. The summed E-state index contributed by atoms with van der Waals surface area (Å²) in [7, 11) is 0. The molecule has 1 aromatic carbocycles. The molecule has 9 heteroatoms. The van der Waals surface area contributed by atoms with E-state index in [1.165, 1.54) is 0 Å². The Kier molecular flexibility index (Phi) is 7.06. The summed E-state index contributed by atoms with van der Waals surface area (Å²) in [4.78, 5) is 14.1. The number of carbonyl (C=O) groups excluding carboxylic acids is 1. The van der Waals surface area contributed by atoms with Gasteiger partial charge in [-0.3, -0.25) is 4.79 Å². The third kappa shape index (κ3) is 4.95. The highest BCUT2D eigenvalue weighted by Gasteiger charge is 2.46. The summed E-state index contributed by atoms with van der Waals surface area (Å²) in [6, 6.07) is 1.12. The zero-order chi connectivity index (χ0) is 22.2. The summed E-state index contributed by atoms with van der Waals surface area (Å²) >= 11 is -1.42. The lowest BCUT2D eigenvalue weighted by molar-refractivity contribution is -0.135. The molecule has 0 radical (unpaired) electrons. The van der Waals surface area contributed by atoms with E-state index in [0.29, 0.717) is 18.9 Å². The molecule has 3 rings (SSSR count). The van der Waals surface area contributed by atoms with Crippen LogP contribution in [0.15, 0.2) is 12.1 Å². The van der Waals surface area contributed by atoms with E-state index in [4.69, 9.17) is 5.73 Å². The van der Waals surface area contributed by atoms with Crippen LogP contribution in [-0.4, -0.2) is 44.8 Å². The Bertz CT molecular complexity index is 775. The molecular formula is C21H30F3N3O2S. The van der Waals surface area contributed by atoms with Crippen molar-refractivity contribution in [2.75, 3.05) is 6.54 Å². The highest BCUT2D eigenvalue weighted by molar-refractivity contribution is 7.90. The molecule has 0 saturated carbocycles. The molecule has 2 heterocycles. The van der Waals surface area contributed by atoms with Gasteiger partial charge in [-0.05, 0) is 70.4 Å². The highest BCUT2D eigenvalue weighted by atomic mass is 32.2. The van der Waals surface area contributed by atoms with Crippen molar-refractivity contribution >= 4 is 17.3 Å². The Hall–Kier alpha value is -1.29. The van der Waals surface area contributed by atoms with Crippen LogP contribution in [0.2, 0.25) is 0 Å². The second-order valence-corrected chi connectivity index (χ2v) is 11.3. The molecule has 30 heavy (non-hydrogen) atoms. The van der Waals surface area contributed by atoms with Crippen molar-refractivity contribution in [1.29, 1.82) is 0 Å². The summed E-state index contributed by atoms with van der Waals surface area (Å²) in [5.74, 6) is -3.21. The van der Waals surface area contributed by atoms with Crippen molar-refractivity contribution in [3.63, 3.8) is 0 Å². The first-order valence-electron chi connectivity index (χ1n) is 10.3. The first-order valence-corrected chi connectivity index (χ1v) is 11.5. The SMILES string of the molecule is CC(C)(C)[S@+]([O-])N[C@@H](Cc1cc(F)c(F)cc1F)C1CC2CCC(C1)N2C(=O)CN. The summed E-state index contributed by atoms with van der Waals surface area (Å²) in [6.45, 7) is 5.46. The Morgan fingerprint density at radius 3 is 2.30 bits per heavy atom. The number of nitrogens with zero attached hydrogens (tertiary/aromatic N) is 1. The van der Waals surface area contributed by atoms with Crippen molar-refractivity contribution < 1.29 is 22.5 Å². The number of piperidine rings is 1. The van der Waals surface area contributed by atoms with Gasteiger partial charge in [0.2, 0.25) is 5.91 Å². The third-order valence-electron chi connectivity index (χ3n) is 6.14. The first kappa shape index (κ1) is 23.4. The molecule has 168 valence electrons. The van der Waals surface area contributed by atoms with Gasteiger partial charge in [-0.1, -0.05) is 0 Å². The van der Waals surface area contributed by atoms with E-state index < -0.39 is 39.6 Å². The number of hydrogen-bond donors (Lipinski definition) is 2. The standard InChI is InChI=1S/C21H30F3N3O2S/c1-21(2,3)30(29)26-19(9-12-8-17(23)18(24)10-16(12)22)13-6-14-4-5-15(7-13)27(14)20(28)11-25/h8,10,13-15,19,26H,4-7,9,11,25H2,1-3H3/t13?,14?,15?,19-,30-/m0/s1. The van der Waals surface area contributed by atoms with Crippen LogP contribution in [0.1, 0.15) is 52.0 Å². The van der Waals surface area contributed by atoms with E-state index in [1.807, 2.05) is 25.7 Å². The van der Waals surface area contributed by atoms with Crippen molar-refractivity contribution in [2.24, 2.45) is 11.7 Å². The number of carbonyl (C=O) groups is 1. The second-order valence-electron chi connectivity index (χ2n) is 9.29. The van der Waals surface area contributed by atoms with Crippen molar-refractivity contribution in [1.82, 2.24) is 9.62 Å². The normalized spacial score (nSPS) is 26.0. The fourth-order valence-electron chi connectivity index (χ4n) is 4.64. The number of rotatable bonds is 6. The predicted molar refractivity (Wildman–Crippen MR) is 110 cm³/mol. The number of hydrogen-bond acceptors (Lipinski definition) is 4. The van der Waals surface area contributed by atoms with Gasteiger partial charge in [0, 0.05) is 29.5 Å². The molecule has 0 spiro atoms. The molecule has 2 aliphatic rings. The molecule has 2 saturated heterocycles. The summed E-state index contributed by atoms with van der Waals surface area (Å²) < 4.78 is 56.8. The van der Waals surface area contributed by atoms with E-state index in [2.05, 4.69) is 4.72 Å². The molecule has 2 fully saturated rings. The summed E-state index contributed by atoms with van der Waals surface area (Å²) in [5.41, 5.74) is 5.60. The average molecular weight is 446 g/mol. The molecule has 4 atom stereocenters. The molecule has 2 bridgehead atoms. The Morgan fingerprint density at radius 1 is 1.20 bits per heavy atom. The van der Waals surface area contributed by atoms with Crippen molar-refractivity contribution in [2.45, 2.75) is 75.7 Å². The van der Waals surface area contributed by atoms with Gasteiger partial charge in [-0.15, -0.1) is 4.72 Å². The van der Waals surface area contributed by atoms with Gasteiger partial charge in [-0.2, -0.15) is 0 Å². The number of nitrogens with one attached hydrogen (secondary N) is 1. The zero-order valence-electron chi connectivity index (χ0n) is 17.6. The lowest BCUT2D eigenvalue weighted by Gasteiger charge is -2.42. The smallest absolute Gasteiger partial charge is 0.236 e. The number of halogens is 3. The summed E-state index contributed by atoms with van der Waals surface area (Å²) in [6.07, 6.45) is 3.18. The van der Waals surface area contributed by atoms with E-state index in [-0.39, 0.29) is 42.4 Å². The van der Waals surface area contributed by atoms with E-state index in [1.54, 1.807) is 0 Å². The maximum Gasteiger partial charge on any atom is 0.236 e. The molecule has 2 unspecified atom stereocenters. The molecule has 3 N–H and O–H groups in total. The minimum atomic E-state index is -1.42. The fraction of sp³-hybridized carbons (Fsp3) is 0.667. The van der Waals surface area contributed by atoms with Gasteiger partial charge in [-0.25, -0.2) is 13.2 Å². The van der Waals surface area contributed by atoms with Crippen LogP contribution < -0.4 is 10.5 Å². The van der Waals surface area contributed by atoms with Crippen LogP contribution >= 0.6 is 0 Å². The molecule has 2 aliphatic heterocycles. The minimum absolute atomic E-state index is 0.0168. The second kappa shape index (κ2) is 9.06. The van der Waals surface area contributed by atoms with E-state index >= 15 is 0 Å². The van der Waals surface area contributed by atoms with Crippen molar-refractivity contribution in [3.05, 3.63) is 35.1 Å². The number of amides is 1. The van der Waals surface area contributed by atoms with E-state index in [0.717, 1.165) is 18.9 Å². The minimum Gasteiger partial charge on any atom is -0.598 e. The number of nitrogens with two attached hydrogens (primary N) is 1. The Labute approximate surface area is 178 Å². The Balaban J connectivity index is 1.84. The third-order valence-corrected chi connectivity index (χ3v) is 7.77. The van der Waals surface area contributed by atoms with Gasteiger partial charge in [0.1, 0.15) is 10.6 Å². The molecule has 1 aromatic rings.